The zero-order valence-corrected chi connectivity index (χ0v) is 14.7. The van der Waals surface area contributed by atoms with Gasteiger partial charge in [-0.1, -0.05) is 17.7 Å². The highest BCUT2D eigenvalue weighted by molar-refractivity contribution is 6.31. The predicted molar refractivity (Wildman–Crippen MR) is 98.4 cm³/mol. The van der Waals surface area contributed by atoms with E-state index in [2.05, 4.69) is 5.32 Å². The molecule has 2 aromatic rings. The standard InChI is InChI=1S/C18H16ClN3O4/c1-11-15(19)3-2-4-16(11)21-10-12(9-17(21)23)18(24)20-13-5-7-14(8-6-13)22(25)26/h2-8,12H,9-10H2,1H3,(H,20,24)/t12-/m1/s1. The van der Waals surface area contributed by atoms with Gasteiger partial charge in [-0.2, -0.15) is 0 Å². The van der Waals surface area contributed by atoms with Crippen LogP contribution in [0.25, 0.3) is 0 Å². The number of amides is 2. The van der Waals surface area contributed by atoms with E-state index in [1.807, 2.05) is 6.92 Å². The normalized spacial score (nSPS) is 16.6. The number of nitro groups is 1. The fourth-order valence-corrected chi connectivity index (χ4v) is 3.08. The molecule has 8 heteroatoms. The maximum atomic E-state index is 12.5. The summed E-state index contributed by atoms with van der Waals surface area (Å²) in [5.74, 6) is -0.940. The first-order valence-corrected chi connectivity index (χ1v) is 8.35. The van der Waals surface area contributed by atoms with Crippen molar-refractivity contribution in [1.29, 1.82) is 0 Å². The number of hydrogen-bond donors (Lipinski definition) is 1. The molecule has 0 saturated carbocycles. The topological polar surface area (TPSA) is 92.6 Å². The number of carbonyl (C=O) groups excluding carboxylic acids is 2. The highest BCUT2D eigenvalue weighted by Crippen LogP contribution is 2.31. The summed E-state index contributed by atoms with van der Waals surface area (Å²) in [4.78, 5) is 36.5. The third kappa shape index (κ3) is 3.52. The van der Waals surface area contributed by atoms with Crippen LogP contribution < -0.4 is 10.2 Å². The second kappa shape index (κ2) is 7.13. The lowest BCUT2D eigenvalue weighted by molar-refractivity contribution is -0.384. The number of nitro benzene ring substituents is 1. The van der Waals surface area contributed by atoms with Crippen LogP contribution in [0.5, 0.6) is 0 Å². The summed E-state index contributed by atoms with van der Waals surface area (Å²) >= 11 is 6.12. The van der Waals surface area contributed by atoms with E-state index in [0.29, 0.717) is 16.4 Å². The van der Waals surface area contributed by atoms with Gasteiger partial charge in [-0.05, 0) is 36.8 Å². The van der Waals surface area contributed by atoms with Crippen LogP contribution in [0.3, 0.4) is 0 Å². The van der Waals surface area contributed by atoms with Gasteiger partial charge in [0, 0.05) is 41.5 Å². The van der Waals surface area contributed by atoms with E-state index in [4.69, 9.17) is 11.6 Å². The predicted octanol–water partition coefficient (Wildman–Crippen LogP) is 3.55. The lowest BCUT2D eigenvalue weighted by Gasteiger charge is -2.19. The molecule has 1 saturated heterocycles. The maximum Gasteiger partial charge on any atom is 0.269 e. The number of non-ortho nitro benzene ring substituents is 1. The number of halogens is 1. The number of anilines is 2. The first-order chi connectivity index (χ1) is 12.4. The molecule has 0 aliphatic carbocycles. The molecule has 1 N–H and O–H groups in total. The van der Waals surface area contributed by atoms with Crippen LogP contribution in [0.2, 0.25) is 5.02 Å². The van der Waals surface area contributed by atoms with Crippen molar-refractivity contribution < 1.29 is 14.5 Å². The molecule has 2 aromatic carbocycles. The Balaban J connectivity index is 1.71. The second-order valence-electron chi connectivity index (χ2n) is 6.08. The average Bonchev–Trinajstić information content (AvgIpc) is 2.99. The molecule has 26 heavy (non-hydrogen) atoms. The van der Waals surface area contributed by atoms with Gasteiger partial charge in [-0.25, -0.2) is 0 Å². The molecule has 3 rings (SSSR count). The molecule has 0 unspecified atom stereocenters. The van der Waals surface area contributed by atoms with Gasteiger partial charge >= 0.3 is 0 Å². The molecule has 0 bridgehead atoms. The summed E-state index contributed by atoms with van der Waals surface area (Å²) in [6.07, 6.45) is 0.102. The summed E-state index contributed by atoms with van der Waals surface area (Å²) in [6, 6.07) is 10.9. The molecule has 7 nitrogen and oxygen atoms in total. The number of hydrogen-bond acceptors (Lipinski definition) is 4. The molecule has 0 spiro atoms. The van der Waals surface area contributed by atoms with Crippen molar-refractivity contribution >= 4 is 40.5 Å². The zero-order chi connectivity index (χ0) is 18.8. The molecule has 134 valence electrons. The van der Waals surface area contributed by atoms with Crippen molar-refractivity contribution in [1.82, 2.24) is 0 Å². The van der Waals surface area contributed by atoms with Crippen molar-refractivity contribution in [2.45, 2.75) is 13.3 Å². The molecule has 1 atom stereocenters. The molecule has 1 fully saturated rings. The Morgan fingerprint density at radius 3 is 2.62 bits per heavy atom. The molecule has 2 amide bonds. The van der Waals surface area contributed by atoms with Crippen LogP contribution >= 0.6 is 11.6 Å². The van der Waals surface area contributed by atoms with Gasteiger partial charge in [0.15, 0.2) is 0 Å². The van der Waals surface area contributed by atoms with Gasteiger partial charge in [0.05, 0.1) is 10.8 Å². The summed E-state index contributed by atoms with van der Waals surface area (Å²) in [5, 5.41) is 13.9. The summed E-state index contributed by atoms with van der Waals surface area (Å²) < 4.78 is 0. The Morgan fingerprint density at radius 1 is 1.27 bits per heavy atom. The monoisotopic (exact) mass is 373 g/mol. The van der Waals surface area contributed by atoms with Crippen molar-refractivity contribution in [3.63, 3.8) is 0 Å². The van der Waals surface area contributed by atoms with Gasteiger partial charge < -0.3 is 10.2 Å². The Morgan fingerprint density at radius 2 is 1.96 bits per heavy atom. The highest BCUT2D eigenvalue weighted by Gasteiger charge is 2.35. The zero-order valence-electron chi connectivity index (χ0n) is 13.9. The van der Waals surface area contributed by atoms with Crippen LogP contribution in [-0.2, 0) is 9.59 Å². The lowest BCUT2D eigenvalue weighted by Crippen LogP contribution is -2.28. The summed E-state index contributed by atoms with van der Waals surface area (Å²) in [6.45, 7) is 2.09. The average molecular weight is 374 g/mol. The number of rotatable bonds is 4. The van der Waals surface area contributed by atoms with Gasteiger partial charge in [-0.3, -0.25) is 19.7 Å². The molecular formula is C18H16ClN3O4. The van der Waals surface area contributed by atoms with E-state index in [1.165, 1.54) is 24.3 Å². The second-order valence-corrected chi connectivity index (χ2v) is 6.49. The quantitative estimate of drug-likeness (QED) is 0.655. The van der Waals surface area contributed by atoms with E-state index < -0.39 is 10.8 Å². The van der Waals surface area contributed by atoms with Gasteiger partial charge in [0.1, 0.15) is 0 Å². The molecule has 1 aliphatic rings. The minimum Gasteiger partial charge on any atom is -0.326 e. The van der Waals surface area contributed by atoms with Crippen LogP contribution in [0, 0.1) is 23.0 Å². The van der Waals surface area contributed by atoms with Gasteiger partial charge in [-0.15, -0.1) is 0 Å². The first-order valence-electron chi connectivity index (χ1n) is 7.97. The number of nitrogens with one attached hydrogen (secondary N) is 1. The third-order valence-electron chi connectivity index (χ3n) is 4.37. The van der Waals surface area contributed by atoms with Crippen molar-refractivity contribution in [2.24, 2.45) is 5.92 Å². The van der Waals surface area contributed by atoms with Crippen molar-refractivity contribution in [2.75, 3.05) is 16.8 Å². The molecule has 0 radical (unpaired) electrons. The van der Waals surface area contributed by atoms with Crippen LogP contribution in [0.4, 0.5) is 17.1 Å². The van der Waals surface area contributed by atoms with E-state index in [0.717, 1.165) is 5.56 Å². The Bertz CT molecular complexity index is 883. The van der Waals surface area contributed by atoms with E-state index in [-0.39, 0.29) is 30.5 Å². The van der Waals surface area contributed by atoms with Crippen LogP contribution in [0.15, 0.2) is 42.5 Å². The highest BCUT2D eigenvalue weighted by atomic mass is 35.5. The fourth-order valence-electron chi connectivity index (χ4n) is 2.92. The minimum atomic E-state index is -0.508. The maximum absolute atomic E-state index is 12.5. The largest absolute Gasteiger partial charge is 0.326 e. The first kappa shape index (κ1) is 17.9. The fraction of sp³-hybridized carbons (Fsp3) is 0.222. The minimum absolute atomic E-state index is 0.0540. The van der Waals surface area contributed by atoms with E-state index >= 15 is 0 Å². The number of nitrogens with zero attached hydrogens (tertiary/aromatic N) is 2. The van der Waals surface area contributed by atoms with Crippen LogP contribution in [-0.4, -0.2) is 23.3 Å². The number of benzene rings is 2. The van der Waals surface area contributed by atoms with Gasteiger partial charge in [0.25, 0.3) is 5.69 Å². The van der Waals surface area contributed by atoms with Crippen molar-refractivity contribution in [3.05, 3.63) is 63.2 Å². The lowest BCUT2D eigenvalue weighted by atomic mass is 10.1. The van der Waals surface area contributed by atoms with E-state index in [9.17, 15) is 19.7 Å². The Hall–Kier alpha value is -2.93. The van der Waals surface area contributed by atoms with Crippen LogP contribution in [0.1, 0.15) is 12.0 Å². The Kier molecular flexibility index (Phi) is 4.90. The summed E-state index contributed by atoms with van der Waals surface area (Å²) in [7, 11) is 0. The molecule has 0 aromatic heterocycles. The molecular weight excluding hydrogens is 358 g/mol. The Labute approximate surface area is 154 Å². The smallest absolute Gasteiger partial charge is 0.269 e. The summed E-state index contributed by atoms with van der Waals surface area (Å²) in [5.41, 5.74) is 1.89. The molecule has 1 heterocycles. The van der Waals surface area contributed by atoms with Gasteiger partial charge in [0.2, 0.25) is 11.8 Å². The third-order valence-corrected chi connectivity index (χ3v) is 4.78. The number of carbonyl (C=O) groups is 2. The van der Waals surface area contributed by atoms with Crippen molar-refractivity contribution in [3.8, 4) is 0 Å². The SMILES string of the molecule is Cc1c(Cl)cccc1N1C[C@H](C(=O)Nc2ccc([N+](=O)[O-])cc2)CC1=O. The van der Waals surface area contributed by atoms with E-state index in [1.54, 1.807) is 23.1 Å². The molecule has 1 aliphatic heterocycles.